The van der Waals surface area contributed by atoms with E-state index in [0.29, 0.717) is 13.2 Å². The predicted molar refractivity (Wildman–Crippen MR) is 56.9 cm³/mol. The van der Waals surface area contributed by atoms with Crippen molar-refractivity contribution in [1.82, 2.24) is 5.32 Å². The van der Waals surface area contributed by atoms with Crippen LogP contribution in [0.4, 0.5) is 0 Å². The Labute approximate surface area is 86.2 Å². The summed E-state index contributed by atoms with van der Waals surface area (Å²) in [5.74, 6) is 0.00799. The van der Waals surface area contributed by atoms with Crippen molar-refractivity contribution in [3.63, 3.8) is 0 Å². The Kier molecular flexibility index (Phi) is 5.72. The van der Waals surface area contributed by atoms with Crippen LogP contribution in [0, 0.1) is 5.92 Å². The largest absolute Gasteiger partial charge is 0.382 e. The van der Waals surface area contributed by atoms with Gasteiger partial charge >= 0.3 is 0 Å². The van der Waals surface area contributed by atoms with E-state index in [2.05, 4.69) is 5.32 Å². The van der Waals surface area contributed by atoms with Crippen molar-refractivity contribution in [2.75, 3.05) is 20.3 Å². The molecule has 0 aromatic heterocycles. The van der Waals surface area contributed by atoms with Crippen LogP contribution in [-0.4, -0.2) is 31.7 Å². The Morgan fingerprint density at radius 1 is 1.57 bits per heavy atom. The molecule has 0 fully saturated rings. The molecule has 0 aromatic carbocycles. The van der Waals surface area contributed by atoms with Crippen LogP contribution in [0.3, 0.4) is 0 Å². The fourth-order valence-electron chi connectivity index (χ4n) is 1.23. The summed E-state index contributed by atoms with van der Waals surface area (Å²) in [7, 11) is 1.62. The van der Waals surface area contributed by atoms with E-state index in [-0.39, 0.29) is 17.4 Å². The zero-order chi connectivity index (χ0) is 11.2. The lowest BCUT2D eigenvalue weighted by Gasteiger charge is -2.27. The lowest BCUT2D eigenvalue weighted by molar-refractivity contribution is -0.126. The summed E-state index contributed by atoms with van der Waals surface area (Å²) in [5.41, 5.74) is 5.07. The normalized spacial score (nSPS) is 13.8. The zero-order valence-corrected chi connectivity index (χ0v) is 9.59. The van der Waals surface area contributed by atoms with Crippen molar-refractivity contribution in [1.29, 1.82) is 0 Å². The SMILES string of the molecule is COCC(C)(C)NC(=O)C(C)CCN. The summed E-state index contributed by atoms with van der Waals surface area (Å²) in [6.45, 7) is 6.80. The van der Waals surface area contributed by atoms with Crippen molar-refractivity contribution < 1.29 is 9.53 Å². The first-order valence-corrected chi connectivity index (χ1v) is 4.94. The van der Waals surface area contributed by atoms with Gasteiger partial charge in [0, 0.05) is 13.0 Å². The number of nitrogens with one attached hydrogen (secondary N) is 1. The molecule has 4 heteroatoms. The van der Waals surface area contributed by atoms with Crippen molar-refractivity contribution in [3.05, 3.63) is 0 Å². The Balaban J connectivity index is 4.03. The highest BCUT2D eigenvalue weighted by atomic mass is 16.5. The molecule has 14 heavy (non-hydrogen) atoms. The fourth-order valence-corrected chi connectivity index (χ4v) is 1.23. The average Bonchev–Trinajstić information content (AvgIpc) is 2.03. The molecule has 0 saturated carbocycles. The average molecular weight is 202 g/mol. The number of ether oxygens (including phenoxy) is 1. The van der Waals surface area contributed by atoms with Crippen molar-refractivity contribution in [2.45, 2.75) is 32.7 Å². The first-order valence-electron chi connectivity index (χ1n) is 4.94. The first-order chi connectivity index (χ1) is 6.43. The van der Waals surface area contributed by atoms with E-state index in [4.69, 9.17) is 10.5 Å². The van der Waals surface area contributed by atoms with Gasteiger partial charge in [-0.3, -0.25) is 4.79 Å². The molecular formula is C10H22N2O2. The molecule has 0 aliphatic rings. The number of rotatable bonds is 6. The highest BCUT2D eigenvalue weighted by Gasteiger charge is 2.22. The number of nitrogens with two attached hydrogens (primary N) is 1. The summed E-state index contributed by atoms with van der Waals surface area (Å²) in [6, 6.07) is 0. The minimum absolute atomic E-state index is 0.0314. The Hall–Kier alpha value is -0.610. The summed E-state index contributed by atoms with van der Waals surface area (Å²) in [5, 5.41) is 2.92. The third kappa shape index (κ3) is 5.19. The molecule has 0 aliphatic heterocycles. The molecule has 0 radical (unpaired) electrons. The Morgan fingerprint density at radius 3 is 2.57 bits per heavy atom. The molecule has 0 aliphatic carbocycles. The van der Waals surface area contributed by atoms with Gasteiger partial charge in [0.1, 0.15) is 0 Å². The molecular weight excluding hydrogens is 180 g/mol. The molecule has 0 bridgehead atoms. The van der Waals surface area contributed by atoms with Gasteiger partial charge in [0.15, 0.2) is 0 Å². The van der Waals surface area contributed by atoms with Gasteiger partial charge in [0.2, 0.25) is 5.91 Å². The second kappa shape index (κ2) is 5.98. The Bertz CT molecular complexity index is 181. The number of carbonyl (C=O) groups is 1. The topological polar surface area (TPSA) is 64.3 Å². The van der Waals surface area contributed by atoms with Gasteiger partial charge in [0.05, 0.1) is 12.1 Å². The van der Waals surface area contributed by atoms with Gasteiger partial charge in [-0.1, -0.05) is 6.92 Å². The third-order valence-electron chi connectivity index (χ3n) is 2.01. The van der Waals surface area contributed by atoms with Crippen LogP contribution in [0.1, 0.15) is 27.2 Å². The van der Waals surface area contributed by atoms with Gasteiger partial charge < -0.3 is 15.8 Å². The molecule has 0 heterocycles. The predicted octanol–water partition coefficient (Wildman–Crippen LogP) is 0.513. The lowest BCUT2D eigenvalue weighted by atomic mass is 10.0. The molecule has 0 rings (SSSR count). The van der Waals surface area contributed by atoms with Gasteiger partial charge in [-0.15, -0.1) is 0 Å². The van der Waals surface area contributed by atoms with Gasteiger partial charge in [-0.2, -0.15) is 0 Å². The second-order valence-corrected chi connectivity index (χ2v) is 4.28. The summed E-state index contributed by atoms with van der Waals surface area (Å²) < 4.78 is 5.01. The van der Waals surface area contributed by atoms with E-state index < -0.39 is 0 Å². The standard InChI is InChI=1S/C10H22N2O2/c1-8(5-6-11)9(13)12-10(2,3)7-14-4/h8H,5-7,11H2,1-4H3,(H,12,13). The van der Waals surface area contributed by atoms with Crippen LogP contribution in [0.5, 0.6) is 0 Å². The Morgan fingerprint density at radius 2 is 2.14 bits per heavy atom. The lowest BCUT2D eigenvalue weighted by Crippen LogP contribution is -2.48. The highest BCUT2D eigenvalue weighted by molar-refractivity contribution is 5.78. The molecule has 1 unspecified atom stereocenters. The van der Waals surface area contributed by atoms with Crippen LogP contribution < -0.4 is 11.1 Å². The van der Waals surface area contributed by atoms with Crippen LogP contribution in [0.2, 0.25) is 0 Å². The van der Waals surface area contributed by atoms with Crippen LogP contribution >= 0.6 is 0 Å². The summed E-state index contributed by atoms with van der Waals surface area (Å²) in [4.78, 5) is 11.6. The number of carbonyl (C=O) groups excluding carboxylic acids is 1. The quantitative estimate of drug-likeness (QED) is 0.659. The number of methoxy groups -OCH3 is 1. The van der Waals surface area contributed by atoms with Crippen molar-refractivity contribution in [3.8, 4) is 0 Å². The minimum Gasteiger partial charge on any atom is -0.382 e. The van der Waals surface area contributed by atoms with E-state index in [1.54, 1.807) is 7.11 Å². The van der Waals surface area contributed by atoms with Crippen LogP contribution in [-0.2, 0) is 9.53 Å². The summed E-state index contributed by atoms with van der Waals surface area (Å²) >= 11 is 0. The van der Waals surface area contributed by atoms with E-state index in [9.17, 15) is 4.79 Å². The molecule has 84 valence electrons. The maximum atomic E-state index is 11.6. The van der Waals surface area contributed by atoms with E-state index >= 15 is 0 Å². The maximum Gasteiger partial charge on any atom is 0.223 e. The maximum absolute atomic E-state index is 11.6. The van der Waals surface area contributed by atoms with E-state index in [1.165, 1.54) is 0 Å². The van der Waals surface area contributed by atoms with Crippen molar-refractivity contribution in [2.24, 2.45) is 11.7 Å². The summed E-state index contributed by atoms with van der Waals surface area (Å²) in [6.07, 6.45) is 0.717. The van der Waals surface area contributed by atoms with E-state index in [0.717, 1.165) is 6.42 Å². The smallest absolute Gasteiger partial charge is 0.223 e. The molecule has 1 atom stereocenters. The van der Waals surface area contributed by atoms with Gasteiger partial charge in [-0.25, -0.2) is 0 Å². The monoisotopic (exact) mass is 202 g/mol. The number of hydrogen-bond acceptors (Lipinski definition) is 3. The zero-order valence-electron chi connectivity index (χ0n) is 9.59. The third-order valence-corrected chi connectivity index (χ3v) is 2.01. The minimum atomic E-state index is -0.311. The van der Waals surface area contributed by atoms with Crippen LogP contribution in [0.15, 0.2) is 0 Å². The van der Waals surface area contributed by atoms with E-state index in [1.807, 2.05) is 20.8 Å². The molecule has 0 spiro atoms. The highest BCUT2D eigenvalue weighted by Crippen LogP contribution is 2.06. The van der Waals surface area contributed by atoms with Gasteiger partial charge in [-0.05, 0) is 26.8 Å². The van der Waals surface area contributed by atoms with Gasteiger partial charge in [0.25, 0.3) is 0 Å². The number of amides is 1. The molecule has 0 aromatic rings. The molecule has 4 nitrogen and oxygen atoms in total. The van der Waals surface area contributed by atoms with Crippen LogP contribution in [0.25, 0.3) is 0 Å². The number of hydrogen-bond donors (Lipinski definition) is 2. The van der Waals surface area contributed by atoms with Crippen molar-refractivity contribution >= 4 is 5.91 Å². The fraction of sp³-hybridized carbons (Fsp3) is 0.900. The first kappa shape index (κ1) is 13.4. The molecule has 0 saturated heterocycles. The molecule has 3 N–H and O–H groups in total. The molecule has 1 amide bonds. The second-order valence-electron chi connectivity index (χ2n) is 4.28.